The maximum atomic E-state index is 4.74. The molecule has 0 N–H and O–H groups in total. The highest BCUT2D eigenvalue weighted by Crippen LogP contribution is 2.28. The van der Waals surface area contributed by atoms with E-state index in [1.54, 1.807) is 18.6 Å². The van der Waals surface area contributed by atoms with Crippen molar-refractivity contribution in [1.82, 2.24) is 19.9 Å². The Morgan fingerprint density at radius 3 is 2.45 bits per heavy atom. The van der Waals surface area contributed by atoms with E-state index in [-0.39, 0.29) is 0 Å². The van der Waals surface area contributed by atoms with E-state index in [9.17, 15) is 0 Å². The van der Waals surface area contributed by atoms with Crippen LogP contribution in [-0.4, -0.2) is 33.0 Å². The summed E-state index contributed by atoms with van der Waals surface area (Å²) < 4.78 is 0. The molecule has 0 aliphatic carbocycles. The Hall–Kier alpha value is -2.56. The van der Waals surface area contributed by atoms with Gasteiger partial charge in [0.25, 0.3) is 0 Å². The zero-order chi connectivity index (χ0) is 14.8. The third kappa shape index (κ3) is 2.50. The van der Waals surface area contributed by atoms with E-state index in [1.807, 2.05) is 12.1 Å². The van der Waals surface area contributed by atoms with Crippen LogP contribution in [0, 0.1) is 0 Å². The smallest absolute Gasteiger partial charge is 0.225 e. The van der Waals surface area contributed by atoms with Crippen molar-refractivity contribution in [2.75, 3.05) is 18.0 Å². The molecule has 1 saturated heterocycles. The van der Waals surface area contributed by atoms with Gasteiger partial charge < -0.3 is 4.90 Å². The molecule has 0 unspecified atom stereocenters. The number of fused-ring (bicyclic) bond motifs is 1. The maximum Gasteiger partial charge on any atom is 0.225 e. The summed E-state index contributed by atoms with van der Waals surface area (Å²) in [7, 11) is 0. The molecule has 0 spiro atoms. The normalized spacial score (nSPS) is 16.1. The standard InChI is InChI=1S/C17H17N5/c1-3-14-4-5-15(21-16(14)18-8-1)13-6-11-22(12-7-13)17-19-9-2-10-20-17/h1-5,8-10,13H,6-7,11-12H2. The first-order valence-electron chi connectivity index (χ1n) is 7.64. The lowest BCUT2D eigenvalue weighted by molar-refractivity contribution is 0.491. The molecule has 0 saturated carbocycles. The third-order valence-corrected chi connectivity index (χ3v) is 4.23. The number of hydrogen-bond donors (Lipinski definition) is 0. The van der Waals surface area contributed by atoms with Gasteiger partial charge >= 0.3 is 0 Å². The molecule has 0 radical (unpaired) electrons. The van der Waals surface area contributed by atoms with Crippen LogP contribution in [0.1, 0.15) is 24.5 Å². The molecule has 3 aromatic heterocycles. The van der Waals surface area contributed by atoms with Crippen molar-refractivity contribution in [2.24, 2.45) is 0 Å². The van der Waals surface area contributed by atoms with E-state index in [1.165, 1.54) is 0 Å². The van der Waals surface area contributed by atoms with Crippen molar-refractivity contribution in [3.63, 3.8) is 0 Å². The molecule has 4 heterocycles. The minimum atomic E-state index is 0.492. The van der Waals surface area contributed by atoms with E-state index in [0.29, 0.717) is 5.92 Å². The van der Waals surface area contributed by atoms with Gasteiger partial charge in [0.05, 0.1) is 0 Å². The molecule has 110 valence electrons. The van der Waals surface area contributed by atoms with Crippen LogP contribution < -0.4 is 4.90 Å². The van der Waals surface area contributed by atoms with Gasteiger partial charge in [0.2, 0.25) is 5.95 Å². The largest absolute Gasteiger partial charge is 0.341 e. The number of aromatic nitrogens is 4. The van der Waals surface area contributed by atoms with Gasteiger partial charge in [-0.25, -0.2) is 19.9 Å². The predicted molar refractivity (Wildman–Crippen MR) is 85.8 cm³/mol. The van der Waals surface area contributed by atoms with Crippen LogP contribution in [0.5, 0.6) is 0 Å². The molecular formula is C17H17N5. The molecule has 0 aromatic carbocycles. The second-order valence-electron chi connectivity index (χ2n) is 5.60. The fraction of sp³-hybridized carbons (Fsp3) is 0.294. The second kappa shape index (κ2) is 5.67. The molecule has 22 heavy (non-hydrogen) atoms. The van der Waals surface area contributed by atoms with Crippen LogP contribution >= 0.6 is 0 Å². The van der Waals surface area contributed by atoms with Gasteiger partial charge in [-0.1, -0.05) is 0 Å². The maximum absolute atomic E-state index is 4.74. The Kier molecular flexibility index (Phi) is 3.39. The van der Waals surface area contributed by atoms with E-state index in [0.717, 1.165) is 48.6 Å². The van der Waals surface area contributed by atoms with Crippen LogP contribution in [0.2, 0.25) is 0 Å². The van der Waals surface area contributed by atoms with Crippen LogP contribution in [0.15, 0.2) is 48.9 Å². The molecule has 0 bridgehead atoms. The Balaban J connectivity index is 1.50. The third-order valence-electron chi connectivity index (χ3n) is 4.23. The lowest BCUT2D eigenvalue weighted by Gasteiger charge is -2.31. The Labute approximate surface area is 129 Å². The molecule has 1 fully saturated rings. The minimum Gasteiger partial charge on any atom is -0.341 e. The van der Waals surface area contributed by atoms with Crippen molar-refractivity contribution in [1.29, 1.82) is 0 Å². The van der Waals surface area contributed by atoms with Gasteiger partial charge in [-0.15, -0.1) is 0 Å². The summed E-state index contributed by atoms with van der Waals surface area (Å²) in [5, 5.41) is 1.10. The van der Waals surface area contributed by atoms with Crippen molar-refractivity contribution in [2.45, 2.75) is 18.8 Å². The second-order valence-corrected chi connectivity index (χ2v) is 5.60. The number of hydrogen-bond acceptors (Lipinski definition) is 5. The SMILES string of the molecule is c1cnc(N2CCC(c3ccc4cccnc4n3)CC2)nc1. The van der Waals surface area contributed by atoms with E-state index in [4.69, 9.17) is 4.98 Å². The number of nitrogens with zero attached hydrogens (tertiary/aromatic N) is 5. The van der Waals surface area contributed by atoms with E-state index < -0.39 is 0 Å². The Morgan fingerprint density at radius 2 is 1.64 bits per heavy atom. The lowest BCUT2D eigenvalue weighted by Crippen LogP contribution is -2.34. The molecule has 3 aromatic rings. The highest BCUT2D eigenvalue weighted by Gasteiger charge is 2.23. The number of rotatable bonds is 2. The topological polar surface area (TPSA) is 54.8 Å². The molecule has 0 atom stereocenters. The van der Waals surface area contributed by atoms with E-state index in [2.05, 4.69) is 38.1 Å². The number of piperidine rings is 1. The van der Waals surface area contributed by atoms with Crippen LogP contribution in [-0.2, 0) is 0 Å². The van der Waals surface area contributed by atoms with E-state index >= 15 is 0 Å². The minimum absolute atomic E-state index is 0.492. The molecule has 4 rings (SSSR count). The van der Waals surface area contributed by atoms with Gasteiger partial charge in [0, 0.05) is 48.7 Å². The summed E-state index contributed by atoms with van der Waals surface area (Å²) in [5.41, 5.74) is 1.99. The molecule has 0 amide bonds. The highest BCUT2D eigenvalue weighted by molar-refractivity contribution is 5.74. The van der Waals surface area contributed by atoms with Gasteiger partial charge in [-0.05, 0) is 43.2 Å². The summed E-state index contributed by atoms with van der Waals surface area (Å²) >= 11 is 0. The molecular weight excluding hydrogens is 274 g/mol. The van der Waals surface area contributed by atoms with Gasteiger partial charge in [0.15, 0.2) is 5.65 Å². The molecule has 1 aliphatic heterocycles. The Morgan fingerprint density at radius 1 is 0.864 bits per heavy atom. The number of anilines is 1. The summed E-state index contributed by atoms with van der Waals surface area (Å²) in [4.78, 5) is 20.0. The Bertz CT molecular complexity index is 766. The van der Waals surface area contributed by atoms with Gasteiger partial charge in [-0.3, -0.25) is 0 Å². The van der Waals surface area contributed by atoms with Gasteiger partial charge in [-0.2, -0.15) is 0 Å². The van der Waals surface area contributed by atoms with Crippen LogP contribution in [0.25, 0.3) is 11.0 Å². The lowest BCUT2D eigenvalue weighted by atomic mass is 9.93. The number of pyridine rings is 2. The predicted octanol–water partition coefficient (Wildman–Crippen LogP) is 2.80. The zero-order valence-corrected chi connectivity index (χ0v) is 12.3. The molecule has 1 aliphatic rings. The van der Waals surface area contributed by atoms with Gasteiger partial charge in [0.1, 0.15) is 0 Å². The van der Waals surface area contributed by atoms with Crippen molar-refractivity contribution < 1.29 is 0 Å². The first-order chi connectivity index (χ1) is 10.9. The van der Waals surface area contributed by atoms with Crippen LogP contribution in [0.4, 0.5) is 5.95 Å². The molecule has 5 heteroatoms. The van der Waals surface area contributed by atoms with Crippen molar-refractivity contribution >= 4 is 17.0 Å². The average Bonchev–Trinajstić information content (AvgIpc) is 2.62. The van der Waals surface area contributed by atoms with Crippen molar-refractivity contribution in [3.05, 3.63) is 54.6 Å². The monoisotopic (exact) mass is 291 g/mol. The first kappa shape index (κ1) is 13.1. The summed E-state index contributed by atoms with van der Waals surface area (Å²) in [6.45, 7) is 1.94. The quantitative estimate of drug-likeness (QED) is 0.726. The van der Waals surface area contributed by atoms with Crippen LogP contribution in [0.3, 0.4) is 0 Å². The first-order valence-corrected chi connectivity index (χ1v) is 7.64. The summed E-state index contributed by atoms with van der Waals surface area (Å²) in [6.07, 6.45) is 7.54. The summed E-state index contributed by atoms with van der Waals surface area (Å²) in [6, 6.07) is 10.1. The summed E-state index contributed by atoms with van der Waals surface area (Å²) in [5.74, 6) is 1.32. The fourth-order valence-corrected chi connectivity index (χ4v) is 3.02. The van der Waals surface area contributed by atoms with Crippen molar-refractivity contribution in [3.8, 4) is 0 Å². The molecule has 5 nitrogen and oxygen atoms in total. The highest BCUT2D eigenvalue weighted by atomic mass is 15.2. The zero-order valence-electron chi connectivity index (χ0n) is 12.3. The average molecular weight is 291 g/mol. The fourth-order valence-electron chi connectivity index (χ4n) is 3.02.